The van der Waals surface area contributed by atoms with Crippen LogP contribution in [-0.2, 0) is 11.2 Å². The van der Waals surface area contributed by atoms with Crippen LogP contribution < -0.4 is 11.1 Å². The zero-order chi connectivity index (χ0) is 23.7. The molecule has 176 valence electrons. The third-order valence-electron chi connectivity index (χ3n) is 6.71. The number of amides is 2. The van der Waals surface area contributed by atoms with Gasteiger partial charge in [0, 0.05) is 29.8 Å². The summed E-state index contributed by atoms with van der Waals surface area (Å²) in [6.07, 6.45) is 2.95. The van der Waals surface area contributed by atoms with Gasteiger partial charge in [0.05, 0.1) is 6.54 Å². The van der Waals surface area contributed by atoms with E-state index in [2.05, 4.69) is 5.32 Å². The van der Waals surface area contributed by atoms with E-state index in [0.29, 0.717) is 18.9 Å². The Kier molecular flexibility index (Phi) is 6.69. The monoisotopic (exact) mass is 463 g/mol. The fourth-order valence-corrected chi connectivity index (χ4v) is 5.07. The topological polar surface area (TPSA) is 75.4 Å². The van der Waals surface area contributed by atoms with Crippen molar-refractivity contribution in [2.24, 2.45) is 11.7 Å². The Bertz CT molecular complexity index is 1030. The number of carbonyl (C=O) groups excluding carboxylic acids is 2. The van der Waals surface area contributed by atoms with Crippen LogP contribution in [0.15, 0.2) is 36.4 Å². The van der Waals surface area contributed by atoms with Crippen molar-refractivity contribution in [1.29, 1.82) is 0 Å². The van der Waals surface area contributed by atoms with Crippen molar-refractivity contribution in [3.63, 3.8) is 0 Å². The molecule has 2 aliphatic rings. The summed E-state index contributed by atoms with van der Waals surface area (Å²) >= 11 is 0. The summed E-state index contributed by atoms with van der Waals surface area (Å²) in [5, 5.41) is 2.58. The summed E-state index contributed by atoms with van der Waals surface area (Å²) in [6.45, 7) is -0.167. The van der Waals surface area contributed by atoms with Gasteiger partial charge in [-0.1, -0.05) is 0 Å². The highest BCUT2D eigenvalue weighted by Gasteiger charge is 2.44. The Balaban J connectivity index is 1.34. The van der Waals surface area contributed by atoms with E-state index < -0.39 is 35.2 Å². The molecule has 2 amide bonds. The third-order valence-corrected chi connectivity index (χ3v) is 6.71. The maximum Gasteiger partial charge on any atom is 0.251 e. The van der Waals surface area contributed by atoms with Crippen LogP contribution >= 0.6 is 0 Å². The van der Waals surface area contributed by atoms with E-state index in [1.54, 1.807) is 4.90 Å². The molecule has 0 aliphatic carbocycles. The predicted molar refractivity (Wildman–Crippen MR) is 113 cm³/mol. The number of nitrogens with zero attached hydrogens (tertiary/aromatic N) is 1. The molecule has 0 radical (unpaired) electrons. The zero-order valence-corrected chi connectivity index (χ0v) is 17.9. The van der Waals surface area contributed by atoms with Gasteiger partial charge in [0.1, 0.15) is 11.6 Å². The predicted octanol–water partition coefficient (Wildman–Crippen LogP) is 3.31. The van der Waals surface area contributed by atoms with Gasteiger partial charge in [0.25, 0.3) is 5.91 Å². The smallest absolute Gasteiger partial charge is 0.251 e. The Hall–Kier alpha value is -2.94. The fraction of sp³-hybridized carbons (Fsp3) is 0.417. The van der Waals surface area contributed by atoms with Crippen LogP contribution in [0.25, 0.3) is 0 Å². The molecule has 0 spiro atoms. The highest BCUT2D eigenvalue weighted by atomic mass is 19.2. The van der Waals surface area contributed by atoms with E-state index in [-0.39, 0.29) is 48.0 Å². The number of hydrogen-bond acceptors (Lipinski definition) is 3. The summed E-state index contributed by atoms with van der Waals surface area (Å²) in [7, 11) is 0. The molecule has 2 aromatic carbocycles. The van der Waals surface area contributed by atoms with E-state index in [1.165, 1.54) is 24.3 Å². The summed E-state index contributed by atoms with van der Waals surface area (Å²) in [6, 6.07) is 5.90. The van der Waals surface area contributed by atoms with E-state index in [0.717, 1.165) is 18.9 Å². The van der Waals surface area contributed by atoms with E-state index >= 15 is 0 Å². The molecular weight excluding hydrogens is 438 g/mol. The van der Waals surface area contributed by atoms with Crippen LogP contribution in [0.2, 0.25) is 0 Å². The molecule has 0 saturated carbocycles. The molecule has 33 heavy (non-hydrogen) atoms. The average Bonchev–Trinajstić information content (AvgIpc) is 3.05. The number of halogens is 4. The molecule has 2 aromatic rings. The van der Waals surface area contributed by atoms with Gasteiger partial charge >= 0.3 is 0 Å². The summed E-state index contributed by atoms with van der Waals surface area (Å²) in [4.78, 5) is 26.8. The van der Waals surface area contributed by atoms with Crippen molar-refractivity contribution in [3.05, 3.63) is 70.8 Å². The van der Waals surface area contributed by atoms with Gasteiger partial charge < -0.3 is 16.0 Å². The number of rotatable bonds is 6. The lowest BCUT2D eigenvalue weighted by molar-refractivity contribution is -0.135. The lowest BCUT2D eigenvalue weighted by atomic mass is 9.82. The molecule has 2 fully saturated rings. The number of fused-ring (bicyclic) bond motifs is 2. The molecule has 2 unspecified atom stereocenters. The van der Waals surface area contributed by atoms with Gasteiger partial charge in [0.2, 0.25) is 5.91 Å². The van der Waals surface area contributed by atoms with Gasteiger partial charge in [-0.25, -0.2) is 17.6 Å². The molecular formula is C24H25F4N3O2. The fourth-order valence-electron chi connectivity index (χ4n) is 5.07. The van der Waals surface area contributed by atoms with Crippen molar-refractivity contribution >= 4 is 11.8 Å². The zero-order valence-electron chi connectivity index (χ0n) is 17.9. The minimum absolute atomic E-state index is 0.00729. The van der Waals surface area contributed by atoms with E-state index in [1.807, 2.05) is 0 Å². The van der Waals surface area contributed by atoms with Crippen LogP contribution in [0.3, 0.4) is 0 Å². The first kappa shape index (κ1) is 23.2. The number of nitrogens with one attached hydrogen (secondary N) is 1. The van der Waals surface area contributed by atoms with Gasteiger partial charge in [-0.05, 0) is 73.9 Å². The summed E-state index contributed by atoms with van der Waals surface area (Å²) in [5.74, 6) is -4.27. The van der Waals surface area contributed by atoms with Gasteiger partial charge in [-0.3, -0.25) is 9.59 Å². The van der Waals surface area contributed by atoms with Gasteiger partial charge in [0.15, 0.2) is 11.6 Å². The molecule has 5 nitrogen and oxygen atoms in total. The van der Waals surface area contributed by atoms with Crippen LogP contribution in [0.4, 0.5) is 17.6 Å². The molecule has 4 rings (SSSR count). The lowest BCUT2D eigenvalue weighted by Gasteiger charge is -2.41. The van der Waals surface area contributed by atoms with E-state index in [9.17, 15) is 27.2 Å². The maximum absolute atomic E-state index is 14.0. The molecule has 2 saturated heterocycles. The molecule has 2 heterocycles. The van der Waals surface area contributed by atoms with Crippen molar-refractivity contribution in [2.75, 3.05) is 6.54 Å². The summed E-state index contributed by atoms with van der Waals surface area (Å²) < 4.78 is 53.7. The normalized spacial score (nSPS) is 22.8. The number of carbonyl (C=O) groups is 2. The number of piperidine rings is 1. The molecule has 2 aliphatic heterocycles. The Morgan fingerprint density at radius 1 is 0.970 bits per heavy atom. The third kappa shape index (κ3) is 5.03. The highest BCUT2D eigenvalue weighted by Crippen LogP contribution is 2.40. The Morgan fingerprint density at radius 2 is 1.58 bits per heavy atom. The number of nitrogens with two attached hydrogens (primary N) is 1. The molecule has 2 bridgehead atoms. The van der Waals surface area contributed by atoms with Crippen LogP contribution in [0, 0.1) is 29.2 Å². The Labute approximate surface area is 188 Å². The van der Waals surface area contributed by atoms with Crippen molar-refractivity contribution in [1.82, 2.24) is 10.2 Å². The second-order valence-corrected chi connectivity index (χ2v) is 8.83. The largest absolute Gasteiger partial charge is 0.343 e. The van der Waals surface area contributed by atoms with Crippen molar-refractivity contribution < 1.29 is 27.2 Å². The second-order valence-electron chi connectivity index (χ2n) is 8.83. The summed E-state index contributed by atoms with van der Waals surface area (Å²) in [5.41, 5.74) is 6.62. The minimum atomic E-state index is -1.23. The highest BCUT2D eigenvalue weighted by molar-refractivity contribution is 5.96. The first-order valence-corrected chi connectivity index (χ1v) is 11.0. The first-order valence-electron chi connectivity index (χ1n) is 11.0. The van der Waals surface area contributed by atoms with Crippen LogP contribution in [0.5, 0.6) is 0 Å². The SMILES string of the molecule is N[C@H](Cc1cc(F)c(F)cc1F)C1CC2CCC(C1)N2C(=O)CNC(=O)c1ccc(F)cc1. The quantitative estimate of drug-likeness (QED) is 0.510. The molecule has 3 atom stereocenters. The van der Waals surface area contributed by atoms with Crippen molar-refractivity contribution in [2.45, 2.75) is 50.2 Å². The standard InChI is InChI=1S/C24H25F4N3O2/c25-16-3-1-13(2-4-16)24(33)30-12-23(32)31-17-5-6-18(31)8-15(7-17)22(29)10-14-9-20(27)21(28)11-19(14)26/h1-4,9,11,15,17-18,22H,5-8,10,12,29H2,(H,30,33)/t15?,17?,18?,22-/m1/s1. The number of hydrogen-bond donors (Lipinski definition) is 2. The first-order chi connectivity index (χ1) is 15.7. The molecule has 9 heteroatoms. The van der Waals surface area contributed by atoms with Crippen LogP contribution in [0.1, 0.15) is 41.6 Å². The van der Waals surface area contributed by atoms with Crippen molar-refractivity contribution in [3.8, 4) is 0 Å². The van der Waals surface area contributed by atoms with Gasteiger partial charge in [-0.15, -0.1) is 0 Å². The lowest BCUT2D eigenvalue weighted by Crippen LogP contribution is -2.52. The average molecular weight is 463 g/mol. The number of benzene rings is 2. The Morgan fingerprint density at radius 3 is 2.21 bits per heavy atom. The maximum atomic E-state index is 14.0. The van der Waals surface area contributed by atoms with Gasteiger partial charge in [-0.2, -0.15) is 0 Å². The minimum Gasteiger partial charge on any atom is -0.343 e. The molecule has 3 N–H and O–H groups in total. The van der Waals surface area contributed by atoms with E-state index in [4.69, 9.17) is 5.73 Å². The second kappa shape index (κ2) is 9.51. The van der Waals surface area contributed by atoms with Crippen LogP contribution in [-0.4, -0.2) is 41.4 Å². The molecule has 0 aromatic heterocycles.